The van der Waals surface area contributed by atoms with E-state index in [4.69, 9.17) is 0 Å². The molecular formula is C23H26N4O. The summed E-state index contributed by atoms with van der Waals surface area (Å²) in [6.45, 7) is 4.80. The van der Waals surface area contributed by atoms with Crippen molar-refractivity contribution in [3.8, 4) is 5.69 Å². The van der Waals surface area contributed by atoms with Gasteiger partial charge in [0.15, 0.2) is 0 Å². The van der Waals surface area contributed by atoms with Gasteiger partial charge >= 0.3 is 0 Å². The van der Waals surface area contributed by atoms with Crippen LogP contribution in [0.3, 0.4) is 0 Å². The van der Waals surface area contributed by atoms with Crippen LogP contribution in [0.4, 0.5) is 0 Å². The van der Waals surface area contributed by atoms with Gasteiger partial charge in [-0.25, -0.2) is 4.68 Å². The number of amides is 1. The maximum atomic E-state index is 12.7. The van der Waals surface area contributed by atoms with E-state index in [0.717, 1.165) is 24.5 Å². The molecule has 1 aliphatic heterocycles. The molecule has 0 aliphatic carbocycles. The number of carbonyl (C=O) groups is 1. The number of benzene rings is 2. The molecule has 1 aromatic heterocycles. The fraction of sp³-hybridized carbons (Fsp3) is 0.304. The third kappa shape index (κ3) is 3.99. The highest BCUT2D eigenvalue weighted by atomic mass is 16.1. The standard InChI is InChI=1S/C23H26N4O/c1-18-13-14-25-27(18)21-11-9-20(10-12-21)23(28)24-17-22(26-15-5-6-16-26)19-7-3-2-4-8-19/h2-4,7-14,22H,5-6,15-17H2,1H3,(H,24,28)/t22-/m1/s1. The summed E-state index contributed by atoms with van der Waals surface area (Å²) >= 11 is 0. The Kier molecular flexibility index (Phi) is 5.53. The molecule has 2 aromatic carbocycles. The molecule has 1 N–H and O–H groups in total. The number of hydrogen-bond acceptors (Lipinski definition) is 3. The van der Waals surface area contributed by atoms with Gasteiger partial charge in [-0.15, -0.1) is 0 Å². The summed E-state index contributed by atoms with van der Waals surface area (Å²) in [5.41, 5.74) is 3.95. The molecule has 1 amide bonds. The molecule has 0 saturated carbocycles. The second kappa shape index (κ2) is 8.40. The first-order valence-electron chi connectivity index (χ1n) is 9.90. The van der Waals surface area contributed by atoms with Crippen LogP contribution in [0.25, 0.3) is 5.69 Å². The quantitative estimate of drug-likeness (QED) is 0.715. The second-order valence-electron chi connectivity index (χ2n) is 7.31. The molecule has 1 atom stereocenters. The van der Waals surface area contributed by atoms with Crippen molar-refractivity contribution >= 4 is 5.91 Å². The summed E-state index contributed by atoms with van der Waals surface area (Å²) in [6.07, 6.45) is 4.23. The summed E-state index contributed by atoms with van der Waals surface area (Å²) in [4.78, 5) is 15.2. The minimum Gasteiger partial charge on any atom is -0.350 e. The molecule has 0 spiro atoms. The zero-order valence-electron chi connectivity index (χ0n) is 16.2. The number of nitrogens with one attached hydrogen (secondary N) is 1. The fourth-order valence-electron chi connectivity index (χ4n) is 3.87. The molecule has 5 heteroatoms. The van der Waals surface area contributed by atoms with Gasteiger partial charge < -0.3 is 5.32 Å². The lowest BCUT2D eigenvalue weighted by Gasteiger charge is -2.28. The van der Waals surface area contributed by atoms with E-state index in [0.29, 0.717) is 12.1 Å². The van der Waals surface area contributed by atoms with Gasteiger partial charge in [0.2, 0.25) is 0 Å². The Balaban J connectivity index is 1.44. The van der Waals surface area contributed by atoms with Gasteiger partial charge in [-0.05, 0) is 68.8 Å². The predicted molar refractivity (Wildman–Crippen MR) is 111 cm³/mol. The third-order valence-corrected chi connectivity index (χ3v) is 5.43. The monoisotopic (exact) mass is 374 g/mol. The first kappa shape index (κ1) is 18.4. The molecule has 1 saturated heterocycles. The molecule has 1 fully saturated rings. The van der Waals surface area contributed by atoms with Crippen LogP contribution in [0.2, 0.25) is 0 Å². The number of rotatable bonds is 6. The van der Waals surface area contributed by atoms with Gasteiger partial charge in [-0.3, -0.25) is 9.69 Å². The Morgan fingerprint density at radius 2 is 1.75 bits per heavy atom. The predicted octanol–water partition coefficient (Wildman–Crippen LogP) is 3.75. The lowest BCUT2D eigenvalue weighted by Crippen LogP contribution is -2.36. The maximum Gasteiger partial charge on any atom is 0.251 e. The molecule has 0 bridgehead atoms. The summed E-state index contributed by atoms with van der Waals surface area (Å²) in [5.74, 6) is -0.0381. The van der Waals surface area contributed by atoms with Crippen LogP contribution < -0.4 is 5.32 Å². The highest BCUT2D eigenvalue weighted by molar-refractivity contribution is 5.94. The molecular weight excluding hydrogens is 348 g/mol. The number of aryl methyl sites for hydroxylation is 1. The van der Waals surface area contributed by atoms with Crippen molar-refractivity contribution in [3.63, 3.8) is 0 Å². The van der Waals surface area contributed by atoms with E-state index in [9.17, 15) is 4.79 Å². The van der Waals surface area contributed by atoms with Gasteiger partial charge in [0.1, 0.15) is 0 Å². The van der Waals surface area contributed by atoms with E-state index in [1.54, 1.807) is 6.20 Å². The Morgan fingerprint density at radius 3 is 2.39 bits per heavy atom. The minimum absolute atomic E-state index is 0.0381. The van der Waals surface area contributed by atoms with Gasteiger partial charge in [0.25, 0.3) is 5.91 Å². The summed E-state index contributed by atoms with van der Waals surface area (Å²) in [5, 5.41) is 7.45. The third-order valence-electron chi connectivity index (χ3n) is 5.43. The number of aromatic nitrogens is 2. The molecule has 2 heterocycles. The van der Waals surface area contributed by atoms with E-state index in [2.05, 4.69) is 39.6 Å². The largest absolute Gasteiger partial charge is 0.350 e. The Morgan fingerprint density at radius 1 is 1.04 bits per heavy atom. The first-order chi connectivity index (χ1) is 13.7. The topological polar surface area (TPSA) is 50.2 Å². The lowest BCUT2D eigenvalue weighted by molar-refractivity contribution is 0.0938. The number of nitrogens with zero attached hydrogens (tertiary/aromatic N) is 3. The van der Waals surface area contributed by atoms with Crippen molar-refractivity contribution in [2.24, 2.45) is 0 Å². The molecule has 0 unspecified atom stereocenters. The molecule has 28 heavy (non-hydrogen) atoms. The number of carbonyl (C=O) groups excluding carboxylic acids is 1. The highest BCUT2D eigenvalue weighted by Crippen LogP contribution is 2.24. The Bertz CT molecular complexity index is 911. The van der Waals surface area contributed by atoms with Crippen molar-refractivity contribution in [2.75, 3.05) is 19.6 Å². The van der Waals surface area contributed by atoms with Crippen molar-refractivity contribution in [1.82, 2.24) is 20.0 Å². The highest BCUT2D eigenvalue weighted by Gasteiger charge is 2.24. The SMILES string of the molecule is Cc1ccnn1-c1ccc(C(=O)NC[C@H](c2ccccc2)N2CCCC2)cc1. The number of hydrogen-bond donors (Lipinski definition) is 1. The van der Waals surface area contributed by atoms with Gasteiger partial charge in [-0.2, -0.15) is 5.10 Å². The molecule has 0 radical (unpaired) electrons. The normalized spacial score (nSPS) is 15.5. The zero-order chi connectivity index (χ0) is 19.3. The Hall–Kier alpha value is -2.92. The van der Waals surface area contributed by atoms with Crippen molar-refractivity contribution in [3.05, 3.63) is 83.7 Å². The van der Waals surface area contributed by atoms with Crippen molar-refractivity contribution in [2.45, 2.75) is 25.8 Å². The second-order valence-corrected chi connectivity index (χ2v) is 7.31. The van der Waals surface area contributed by atoms with Crippen LogP contribution in [0, 0.1) is 6.92 Å². The van der Waals surface area contributed by atoms with Gasteiger partial charge in [-0.1, -0.05) is 30.3 Å². The van der Waals surface area contributed by atoms with Crippen LogP contribution in [0.15, 0.2) is 66.9 Å². The van der Waals surface area contributed by atoms with E-state index in [1.165, 1.54) is 18.4 Å². The minimum atomic E-state index is -0.0381. The summed E-state index contributed by atoms with van der Waals surface area (Å²) < 4.78 is 1.86. The summed E-state index contributed by atoms with van der Waals surface area (Å²) in [7, 11) is 0. The smallest absolute Gasteiger partial charge is 0.251 e. The number of likely N-dealkylation sites (tertiary alicyclic amines) is 1. The molecule has 144 valence electrons. The van der Waals surface area contributed by atoms with Crippen LogP contribution >= 0.6 is 0 Å². The van der Waals surface area contributed by atoms with E-state index < -0.39 is 0 Å². The fourth-order valence-corrected chi connectivity index (χ4v) is 3.87. The van der Waals surface area contributed by atoms with Gasteiger partial charge in [0, 0.05) is 24.0 Å². The lowest BCUT2D eigenvalue weighted by atomic mass is 10.1. The summed E-state index contributed by atoms with van der Waals surface area (Å²) in [6, 6.07) is 20.2. The first-order valence-corrected chi connectivity index (χ1v) is 9.90. The zero-order valence-corrected chi connectivity index (χ0v) is 16.2. The van der Waals surface area contributed by atoms with Gasteiger partial charge in [0.05, 0.1) is 11.7 Å². The van der Waals surface area contributed by atoms with Crippen LogP contribution in [-0.2, 0) is 0 Å². The Labute approximate surface area is 166 Å². The molecule has 5 nitrogen and oxygen atoms in total. The van der Waals surface area contributed by atoms with Crippen molar-refractivity contribution in [1.29, 1.82) is 0 Å². The van der Waals surface area contributed by atoms with E-state index in [1.807, 2.05) is 48.0 Å². The van der Waals surface area contributed by atoms with Crippen LogP contribution in [0.1, 0.15) is 40.5 Å². The van der Waals surface area contributed by atoms with E-state index in [-0.39, 0.29) is 11.9 Å². The van der Waals surface area contributed by atoms with Crippen molar-refractivity contribution < 1.29 is 4.79 Å². The maximum absolute atomic E-state index is 12.7. The van der Waals surface area contributed by atoms with Crippen LogP contribution in [-0.4, -0.2) is 40.2 Å². The molecule has 1 aliphatic rings. The van der Waals surface area contributed by atoms with E-state index >= 15 is 0 Å². The molecule has 3 aromatic rings. The average molecular weight is 374 g/mol. The van der Waals surface area contributed by atoms with Crippen LogP contribution in [0.5, 0.6) is 0 Å². The average Bonchev–Trinajstić information content (AvgIpc) is 3.41. The molecule has 4 rings (SSSR count).